The van der Waals surface area contributed by atoms with Crippen molar-refractivity contribution in [1.29, 1.82) is 0 Å². The average molecular weight is 447 g/mol. The Balaban J connectivity index is 1.29. The van der Waals surface area contributed by atoms with E-state index in [1.54, 1.807) is 18.3 Å². The number of benzene rings is 1. The van der Waals surface area contributed by atoms with Gasteiger partial charge in [-0.3, -0.25) is 10.1 Å². The molecule has 10 nitrogen and oxygen atoms in total. The molecule has 2 aliphatic heterocycles. The van der Waals surface area contributed by atoms with Crippen LogP contribution in [0.4, 0.5) is 23.1 Å². The summed E-state index contributed by atoms with van der Waals surface area (Å²) in [5.74, 6) is 1.78. The molecular formula is C23H26N8O2. The van der Waals surface area contributed by atoms with Crippen LogP contribution in [-0.2, 0) is 0 Å². The summed E-state index contributed by atoms with van der Waals surface area (Å²) < 4.78 is 0. The molecular weight excluding hydrogens is 420 g/mol. The van der Waals surface area contributed by atoms with Crippen LogP contribution in [0.3, 0.4) is 0 Å². The summed E-state index contributed by atoms with van der Waals surface area (Å²) in [5.41, 5.74) is 1.39. The second kappa shape index (κ2) is 9.45. The number of non-ortho nitro benzene ring substituents is 1. The number of nitrogens with zero attached hydrogens (tertiary/aromatic N) is 7. The number of hydrogen-bond donors (Lipinski definition) is 1. The smallest absolute Gasteiger partial charge is 0.271 e. The second-order valence-corrected chi connectivity index (χ2v) is 8.43. The van der Waals surface area contributed by atoms with Crippen LogP contribution in [-0.4, -0.2) is 62.0 Å². The summed E-state index contributed by atoms with van der Waals surface area (Å²) in [7, 11) is 0. The van der Waals surface area contributed by atoms with Crippen molar-refractivity contribution in [3.63, 3.8) is 0 Å². The van der Waals surface area contributed by atoms with Crippen LogP contribution < -0.4 is 10.2 Å². The van der Waals surface area contributed by atoms with Crippen molar-refractivity contribution in [2.45, 2.75) is 31.7 Å². The topological polar surface area (TPSA) is 113 Å². The number of nitro benzene ring substituents is 1. The molecule has 170 valence electrons. The summed E-state index contributed by atoms with van der Waals surface area (Å²) in [6.45, 7) is 4.47. The minimum atomic E-state index is -0.434. The van der Waals surface area contributed by atoms with Gasteiger partial charge >= 0.3 is 0 Å². The quantitative estimate of drug-likeness (QED) is 0.448. The first-order valence-electron chi connectivity index (χ1n) is 11.3. The van der Waals surface area contributed by atoms with Crippen LogP contribution >= 0.6 is 0 Å². The molecule has 1 N–H and O–H groups in total. The maximum absolute atomic E-state index is 11.0. The Bertz CT molecular complexity index is 1130. The number of likely N-dealkylation sites (tertiary alicyclic amines) is 1. The summed E-state index contributed by atoms with van der Waals surface area (Å²) in [5, 5.41) is 14.0. The molecule has 0 radical (unpaired) electrons. The van der Waals surface area contributed by atoms with E-state index in [1.165, 1.54) is 44.4 Å². The number of pyridine rings is 1. The van der Waals surface area contributed by atoms with Crippen LogP contribution in [0.15, 0.2) is 48.9 Å². The first-order chi connectivity index (χ1) is 16.2. The van der Waals surface area contributed by atoms with Crippen LogP contribution in [0.5, 0.6) is 0 Å². The Morgan fingerprint density at radius 2 is 1.82 bits per heavy atom. The lowest BCUT2D eigenvalue weighted by Gasteiger charge is -2.37. The lowest BCUT2D eigenvalue weighted by Crippen LogP contribution is -2.44. The first kappa shape index (κ1) is 21.2. The summed E-state index contributed by atoms with van der Waals surface area (Å²) >= 11 is 0. The molecule has 2 aromatic heterocycles. The number of piperidine rings is 1. The summed E-state index contributed by atoms with van der Waals surface area (Å²) in [4.78, 5) is 33.1. The highest BCUT2D eigenvalue weighted by molar-refractivity contribution is 5.63. The molecule has 2 fully saturated rings. The Hall–Kier alpha value is -3.66. The summed E-state index contributed by atoms with van der Waals surface area (Å²) in [6, 6.07) is 10.8. The van der Waals surface area contributed by atoms with Crippen molar-refractivity contribution in [3.8, 4) is 11.4 Å². The molecule has 33 heavy (non-hydrogen) atoms. The molecule has 2 saturated heterocycles. The highest BCUT2D eigenvalue weighted by atomic mass is 16.6. The lowest BCUT2D eigenvalue weighted by atomic mass is 10.0. The van der Waals surface area contributed by atoms with E-state index in [-0.39, 0.29) is 5.69 Å². The van der Waals surface area contributed by atoms with Crippen molar-refractivity contribution in [2.75, 3.05) is 36.4 Å². The predicted octanol–water partition coefficient (Wildman–Crippen LogP) is 3.65. The molecule has 0 atom stereocenters. The molecule has 0 unspecified atom stereocenters. The van der Waals surface area contributed by atoms with Crippen LogP contribution in [0, 0.1) is 10.1 Å². The van der Waals surface area contributed by atoms with Gasteiger partial charge in [0.25, 0.3) is 5.69 Å². The Morgan fingerprint density at radius 1 is 1.00 bits per heavy atom. The van der Waals surface area contributed by atoms with Gasteiger partial charge in [-0.1, -0.05) is 6.07 Å². The van der Waals surface area contributed by atoms with E-state index in [1.807, 2.05) is 12.1 Å². The highest BCUT2D eigenvalue weighted by Crippen LogP contribution is 2.26. The third-order valence-corrected chi connectivity index (χ3v) is 6.33. The Labute approximate surface area is 191 Å². The molecule has 0 aliphatic carbocycles. The predicted molar refractivity (Wildman–Crippen MR) is 125 cm³/mol. The van der Waals surface area contributed by atoms with Crippen molar-refractivity contribution in [3.05, 3.63) is 59.0 Å². The number of nitro groups is 1. The van der Waals surface area contributed by atoms with Gasteiger partial charge in [-0.15, -0.1) is 0 Å². The van der Waals surface area contributed by atoms with Crippen LogP contribution in [0.2, 0.25) is 0 Å². The van der Waals surface area contributed by atoms with Crippen LogP contribution in [0.25, 0.3) is 11.4 Å². The number of anilines is 3. The van der Waals surface area contributed by atoms with Crippen molar-refractivity contribution < 1.29 is 4.92 Å². The lowest BCUT2D eigenvalue weighted by molar-refractivity contribution is -0.384. The van der Waals surface area contributed by atoms with Gasteiger partial charge in [0.05, 0.1) is 4.92 Å². The minimum Gasteiger partial charge on any atom is -0.356 e. The third kappa shape index (κ3) is 4.90. The van der Waals surface area contributed by atoms with E-state index in [4.69, 9.17) is 0 Å². The van der Waals surface area contributed by atoms with Crippen molar-refractivity contribution in [1.82, 2.24) is 24.8 Å². The molecule has 0 amide bonds. The fraction of sp³-hybridized carbons (Fsp3) is 0.391. The zero-order chi connectivity index (χ0) is 22.6. The van der Waals surface area contributed by atoms with Gasteiger partial charge in [-0.2, -0.15) is 4.98 Å². The van der Waals surface area contributed by atoms with Crippen molar-refractivity contribution >= 4 is 23.1 Å². The standard InChI is InChI=1S/C23H26N8O2/c32-31(33)20-5-3-4-18(15-20)27-23-26-16-25-22(28-23)17-6-9-24-21(14-17)30-12-7-19(8-13-30)29-10-1-2-11-29/h3-6,9,14-16,19H,1-2,7-8,10-13H2,(H,25,26,27,28). The normalized spacial score (nSPS) is 17.3. The number of hydrogen-bond acceptors (Lipinski definition) is 9. The van der Waals surface area contributed by atoms with Crippen LogP contribution in [0.1, 0.15) is 25.7 Å². The molecule has 10 heteroatoms. The number of nitrogens with one attached hydrogen (secondary N) is 1. The molecule has 0 spiro atoms. The molecule has 5 rings (SSSR count). The SMILES string of the molecule is O=[N+]([O-])c1cccc(Nc2ncnc(-c3ccnc(N4CCC(N5CCCC5)CC4)c3)n2)c1. The molecule has 1 aromatic carbocycles. The van der Waals surface area contributed by atoms with E-state index in [0.29, 0.717) is 23.5 Å². The molecule has 2 aliphatic rings. The van der Waals surface area contributed by atoms with Gasteiger partial charge in [0, 0.05) is 48.7 Å². The number of aromatic nitrogens is 4. The van der Waals surface area contributed by atoms with E-state index in [0.717, 1.165) is 37.3 Å². The zero-order valence-corrected chi connectivity index (χ0v) is 18.3. The largest absolute Gasteiger partial charge is 0.356 e. The van der Waals surface area contributed by atoms with E-state index < -0.39 is 4.92 Å². The third-order valence-electron chi connectivity index (χ3n) is 6.33. The van der Waals surface area contributed by atoms with Gasteiger partial charge in [0.2, 0.25) is 5.95 Å². The van der Waals surface area contributed by atoms with Gasteiger partial charge in [-0.25, -0.2) is 15.0 Å². The molecule has 0 saturated carbocycles. The van der Waals surface area contributed by atoms with E-state index >= 15 is 0 Å². The fourth-order valence-electron chi connectivity index (χ4n) is 4.62. The Kier molecular flexibility index (Phi) is 6.07. The van der Waals surface area contributed by atoms with Crippen molar-refractivity contribution in [2.24, 2.45) is 0 Å². The average Bonchev–Trinajstić information content (AvgIpc) is 3.40. The molecule has 4 heterocycles. The van der Waals surface area contributed by atoms with Gasteiger partial charge < -0.3 is 15.1 Å². The summed E-state index contributed by atoms with van der Waals surface area (Å²) in [6.07, 6.45) is 8.20. The Morgan fingerprint density at radius 3 is 2.61 bits per heavy atom. The maximum Gasteiger partial charge on any atom is 0.271 e. The number of rotatable bonds is 6. The van der Waals surface area contributed by atoms with E-state index in [9.17, 15) is 10.1 Å². The van der Waals surface area contributed by atoms with Gasteiger partial charge in [-0.05, 0) is 57.0 Å². The zero-order valence-electron chi connectivity index (χ0n) is 18.3. The highest BCUT2D eigenvalue weighted by Gasteiger charge is 2.27. The molecule has 0 bridgehead atoms. The monoisotopic (exact) mass is 446 g/mol. The fourth-order valence-corrected chi connectivity index (χ4v) is 4.62. The minimum absolute atomic E-state index is 0.00144. The molecule has 3 aromatic rings. The maximum atomic E-state index is 11.0. The van der Waals surface area contributed by atoms with E-state index in [2.05, 4.69) is 35.1 Å². The van der Waals surface area contributed by atoms with Gasteiger partial charge in [0.15, 0.2) is 5.82 Å². The van der Waals surface area contributed by atoms with Gasteiger partial charge in [0.1, 0.15) is 12.1 Å². The second-order valence-electron chi connectivity index (χ2n) is 8.43. The first-order valence-corrected chi connectivity index (χ1v) is 11.3.